The molecule has 0 aliphatic heterocycles. The molecule has 0 saturated carbocycles. The molecule has 2 heterocycles. The summed E-state index contributed by atoms with van der Waals surface area (Å²) in [6.07, 6.45) is 3.27. The topological polar surface area (TPSA) is 71.5 Å². The molecule has 0 bridgehead atoms. The van der Waals surface area contributed by atoms with Gasteiger partial charge in [-0.2, -0.15) is 0 Å². The van der Waals surface area contributed by atoms with Crippen molar-refractivity contribution in [2.45, 2.75) is 13.0 Å². The number of hydrogen-bond donors (Lipinski definition) is 0. The number of ether oxygens (including phenoxy) is 1. The summed E-state index contributed by atoms with van der Waals surface area (Å²) >= 11 is 0. The maximum atomic E-state index is 12.9. The van der Waals surface area contributed by atoms with Gasteiger partial charge in [-0.05, 0) is 19.1 Å². The van der Waals surface area contributed by atoms with Gasteiger partial charge in [-0.25, -0.2) is 9.97 Å². The second kappa shape index (κ2) is 7.83. The number of aryl methyl sites for hydroxylation is 1. The van der Waals surface area contributed by atoms with E-state index in [2.05, 4.69) is 15.0 Å². The predicted octanol–water partition coefficient (Wildman–Crippen LogP) is 1.71. The molecule has 128 valence electrons. The fourth-order valence-electron chi connectivity index (χ4n) is 2.34. The minimum atomic E-state index is -0.281. The van der Waals surface area contributed by atoms with E-state index in [4.69, 9.17) is 4.74 Å². The van der Waals surface area contributed by atoms with Crippen LogP contribution in [0.4, 0.5) is 5.95 Å². The molecule has 7 heteroatoms. The van der Waals surface area contributed by atoms with E-state index in [1.807, 2.05) is 39.2 Å². The highest BCUT2D eigenvalue weighted by Crippen LogP contribution is 2.21. The number of hydrogen-bond acceptors (Lipinski definition) is 6. The first-order valence-corrected chi connectivity index (χ1v) is 7.63. The van der Waals surface area contributed by atoms with Crippen LogP contribution in [-0.4, -0.2) is 60.6 Å². The number of pyridine rings is 1. The predicted molar refractivity (Wildman–Crippen MR) is 92.0 cm³/mol. The fraction of sp³-hybridized carbons (Fsp3) is 0.412. The van der Waals surface area contributed by atoms with Crippen LogP contribution < -0.4 is 4.90 Å². The molecule has 2 aromatic heterocycles. The highest BCUT2D eigenvalue weighted by atomic mass is 16.5. The van der Waals surface area contributed by atoms with Gasteiger partial charge in [0.1, 0.15) is 0 Å². The van der Waals surface area contributed by atoms with Crippen molar-refractivity contribution in [3.05, 3.63) is 47.5 Å². The van der Waals surface area contributed by atoms with E-state index in [0.717, 1.165) is 5.69 Å². The molecule has 2 aromatic rings. The van der Waals surface area contributed by atoms with E-state index in [1.54, 1.807) is 36.4 Å². The third-order valence-electron chi connectivity index (χ3n) is 3.74. The Balaban J connectivity index is 2.30. The second-order valence-electron chi connectivity index (χ2n) is 5.71. The van der Waals surface area contributed by atoms with Gasteiger partial charge in [-0.15, -0.1) is 0 Å². The Morgan fingerprint density at radius 1 is 1.25 bits per heavy atom. The Morgan fingerprint density at radius 3 is 2.54 bits per heavy atom. The molecule has 24 heavy (non-hydrogen) atoms. The Labute approximate surface area is 142 Å². The van der Waals surface area contributed by atoms with Crippen LogP contribution in [0.3, 0.4) is 0 Å². The number of carbonyl (C=O) groups excluding carboxylic acids is 1. The molecule has 0 aliphatic rings. The zero-order valence-corrected chi connectivity index (χ0v) is 14.7. The molecule has 0 saturated heterocycles. The largest absolute Gasteiger partial charge is 0.382 e. The monoisotopic (exact) mass is 329 g/mol. The first-order chi connectivity index (χ1) is 11.5. The highest BCUT2D eigenvalue weighted by molar-refractivity contribution is 5.95. The van der Waals surface area contributed by atoms with E-state index in [0.29, 0.717) is 23.8 Å². The van der Waals surface area contributed by atoms with Crippen LogP contribution in [0.15, 0.2) is 30.6 Å². The number of carbonyl (C=O) groups is 1. The molecule has 2 rings (SSSR count). The Hall–Kier alpha value is -2.54. The van der Waals surface area contributed by atoms with Crippen LogP contribution in [0, 0.1) is 6.92 Å². The first-order valence-electron chi connectivity index (χ1n) is 7.63. The van der Waals surface area contributed by atoms with Crippen LogP contribution in [-0.2, 0) is 4.74 Å². The Bertz CT molecular complexity index is 691. The summed E-state index contributed by atoms with van der Waals surface area (Å²) in [5, 5.41) is 0. The van der Waals surface area contributed by atoms with Gasteiger partial charge < -0.3 is 14.5 Å². The van der Waals surface area contributed by atoms with Crippen LogP contribution >= 0.6 is 0 Å². The summed E-state index contributed by atoms with van der Waals surface area (Å²) in [4.78, 5) is 29.3. The van der Waals surface area contributed by atoms with Gasteiger partial charge in [-0.3, -0.25) is 9.78 Å². The van der Waals surface area contributed by atoms with E-state index in [-0.39, 0.29) is 11.9 Å². The second-order valence-corrected chi connectivity index (χ2v) is 5.71. The Morgan fingerprint density at radius 2 is 2.00 bits per heavy atom. The van der Waals surface area contributed by atoms with Crippen molar-refractivity contribution in [2.24, 2.45) is 0 Å². The molecule has 1 atom stereocenters. The molecule has 0 spiro atoms. The molecular formula is C17H23N5O2. The average molecular weight is 329 g/mol. The van der Waals surface area contributed by atoms with E-state index in [1.165, 1.54) is 0 Å². The van der Waals surface area contributed by atoms with Crippen molar-refractivity contribution in [1.29, 1.82) is 0 Å². The molecule has 0 fully saturated rings. The smallest absolute Gasteiger partial charge is 0.257 e. The zero-order valence-electron chi connectivity index (χ0n) is 14.7. The molecule has 7 nitrogen and oxygen atoms in total. The van der Waals surface area contributed by atoms with Gasteiger partial charge in [0.25, 0.3) is 5.91 Å². The number of amides is 1. The number of likely N-dealkylation sites (N-methyl/N-ethyl adjacent to an activating group) is 1. The summed E-state index contributed by atoms with van der Waals surface area (Å²) in [7, 11) is 7.06. The third kappa shape index (κ3) is 3.86. The van der Waals surface area contributed by atoms with E-state index in [9.17, 15) is 4.79 Å². The lowest BCUT2D eigenvalue weighted by Gasteiger charge is -2.27. The van der Waals surface area contributed by atoms with Gasteiger partial charge in [0.15, 0.2) is 0 Å². The van der Waals surface area contributed by atoms with E-state index < -0.39 is 0 Å². The van der Waals surface area contributed by atoms with Gasteiger partial charge >= 0.3 is 0 Å². The van der Waals surface area contributed by atoms with Crippen molar-refractivity contribution in [1.82, 2.24) is 19.9 Å². The lowest BCUT2D eigenvalue weighted by Crippen LogP contribution is -2.35. The molecule has 0 radical (unpaired) electrons. The highest BCUT2D eigenvalue weighted by Gasteiger charge is 2.25. The van der Waals surface area contributed by atoms with Gasteiger partial charge in [0.2, 0.25) is 5.95 Å². The van der Waals surface area contributed by atoms with Crippen molar-refractivity contribution >= 4 is 11.9 Å². The molecule has 1 unspecified atom stereocenters. The third-order valence-corrected chi connectivity index (χ3v) is 3.74. The van der Waals surface area contributed by atoms with Crippen LogP contribution in [0.1, 0.15) is 27.8 Å². The standard InChI is InChI=1S/C17H23N5O2/c1-12-13(10-19-17(20-12)21(2)3)16(23)22(4)15(11-24-5)14-8-6-7-9-18-14/h6-10,15H,11H2,1-5H3. The average Bonchev–Trinajstić information content (AvgIpc) is 2.59. The van der Waals surface area contributed by atoms with Crippen molar-refractivity contribution in [3.8, 4) is 0 Å². The summed E-state index contributed by atoms with van der Waals surface area (Å²) in [5.74, 6) is 0.412. The van der Waals surface area contributed by atoms with Crippen molar-refractivity contribution in [3.63, 3.8) is 0 Å². The van der Waals surface area contributed by atoms with Crippen LogP contribution in [0.25, 0.3) is 0 Å². The van der Waals surface area contributed by atoms with Crippen molar-refractivity contribution in [2.75, 3.05) is 39.8 Å². The molecule has 1 amide bonds. The zero-order chi connectivity index (χ0) is 17.7. The van der Waals surface area contributed by atoms with Gasteiger partial charge in [0.05, 0.1) is 29.6 Å². The Kier molecular flexibility index (Phi) is 5.81. The summed E-state index contributed by atoms with van der Waals surface area (Å²) < 4.78 is 5.27. The summed E-state index contributed by atoms with van der Waals surface area (Å²) in [5.41, 5.74) is 1.89. The van der Waals surface area contributed by atoms with Gasteiger partial charge in [-0.1, -0.05) is 6.07 Å². The minimum Gasteiger partial charge on any atom is -0.382 e. The van der Waals surface area contributed by atoms with Crippen LogP contribution in [0.2, 0.25) is 0 Å². The number of nitrogens with zero attached hydrogens (tertiary/aromatic N) is 5. The molecule has 0 N–H and O–H groups in total. The number of methoxy groups -OCH3 is 1. The number of rotatable bonds is 6. The SMILES string of the molecule is COCC(c1ccccn1)N(C)C(=O)c1cnc(N(C)C)nc1C. The fourth-order valence-corrected chi connectivity index (χ4v) is 2.34. The number of anilines is 1. The summed E-state index contributed by atoms with van der Waals surface area (Å²) in [6.45, 7) is 2.16. The lowest BCUT2D eigenvalue weighted by atomic mass is 10.1. The van der Waals surface area contributed by atoms with Gasteiger partial charge in [0, 0.05) is 40.6 Å². The minimum absolute atomic E-state index is 0.162. The lowest BCUT2D eigenvalue weighted by molar-refractivity contribution is 0.0593. The molecular weight excluding hydrogens is 306 g/mol. The normalized spacial score (nSPS) is 11.9. The maximum Gasteiger partial charge on any atom is 0.257 e. The molecule has 0 aromatic carbocycles. The quantitative estimate of drug-likeness (QED) is 0.803. The number of aromatic nitrogens is 3. The van der Waals surface area contributed by atoms with Crippen molar-refractivity contribution < 1.29 is 9.53 Å². The summed E-state index contributed by atoms with van der Waals surface area (Å²) in [6, 6.07) is 5.33. The maximum absolute atomic E-state index is 12.9. The first kappa shape index (κ1) is 17.8. The van der Waals surface area contributed by atoms with Crippen LogP contribution in [0.5, 0.6) is 0 Å². The molecule has 0 aliphatic carbocycles. The van der Waals surface area contributed by atoms with E-state index >= 15 is 0 Å².